The van der Waals surface area contributed by atoms with E-state index in [9.17, 15) is 18.3 Å². The summed E-state index contributed by atoms with van der Waals surface area (Å²) >= 11 is 1.29. The summed E-state index contributed by atoms with van der Waals surface area (Å²) in [7, 11) is 1.65. The maximum absolute atomic E-state index is 12.7. The Balaban J connectivity index is 2.09. The lowest BCUT2D eigenvalue weighted by Crippen LogP contribution is -2.45. The van der Waals surface area contributed by atoms with Crippen LogP contribution in [0.4, 0.5) is 13.2 Å². The first-order chi connectivity index (χ1) is 10.3. The Morgan fingerprint density at radius 1 is 1.45 bits per heavy atom. The van der Waals surface area contributed by atoms with Gasteiger partial charge in [0.2, 0.25) is 0 Å². The summed E-state index contributed by atoms with van der Waals surface area (Å²) < 4.78 is 38.0. The van der Waals surface area contributed by atoms with Gasteiger partial charge in [-0.1, -0.05) is 0 Å². The normalized spacial score (nSPS) is 26.0. The average Bonchev–Trinajstić information content (AvgIpc) is 3.03. The Labute approximate surface area is 129 Å². The number of hydrogen-bond acceptors (Lipinski definition) is 5. The first-order valence-corrected chi connectivity index (χ1v) is 7.92. The van der Waals surface area contributed by atoms with Crippen molar-refractivity contribution in [3.05, 3.63) is 23.0 Å². The second-order valence-electron chi connectivity index (χ2n) is 5.58. The summed E-state index contributed by atoms with van der Waals surface area (Å²) in [4.78, 5) is 8.71. The van der Waals surface area contributed by atoms with Gasteiger partial charge in [-0.25, -0.2) is 9.97 Å². The number of likely N-dealkylation sites (N-methyl/N-ethyl adjacent to an activating group) is 1. The number of nitrogens with zero attached hydrogens (tertiary/aromatic N) is 2. The molecule has 0 bridgehead atoms. The molecular formula is C14H16F3N3OS. The number of halogens is 3. The third kappa shape index (κ3) is 2.82. The van der Waals surface area contributed by atoms with Gasteiger partial charge in [0, 0.05) is 11.3 Å². The van der Waals surface area contributed by atoms with Crippen molar-refractivity contribution in [2.24, 2.45) is 0 Å². The van der Waals surface area contributed by atoms with Gasteiger partial charge in [0.15, 0.2) is 0 Å². The van der Waals surface area contributed by atoms with Gasteiger partial charge in [-0.15, -0.1) is 11.3 Å². The van der Waals surface area contributed by atoms with E-state index >= 15 is 0 Å². The highest BCUT2D eigenvalue weighted by Gasteiger charge is 2.43. The highest BCUT2D eigenvalue weighted by atomic mass is 32.1. The number of rotatable bonds is 3. The van der Waals surface area contributed by atoms with Crippen molar-refractivity contribution in [2.75, 3.05) is 7.05 Å². The fourth-order valence-electron chi connectivity index (χ4n) is 3.10. The third-order valence-corrected chi connectivity index (χ3v) is 4.96. The molecule has 2 aromatic heterocycles. The molecule has 1 fully saturated rings. The van der Waals surface area contributed by atoms with Crippen LogP contribution in [0, 0.1) is 0 Å². The molecule has 2 unspecified atom stereocenters. The van der Waals surface area contributed by atoms with Crippen molar-refractivity contribution < 1.29 is 18.3 Å². The Kier molecular flexibility index (Phi) is 3.86. The van der Waals surface area contributed by atoms with Gasteiger partial charge in [-0.3, -0.25) is 5.32 Å². The molecule has 3 rings (SSSR count). The first-order valence-electron chi connectivity index (χ1n) is 7.04. The smallest absolute Gasteiger partial charge is 0.375 e. The van der Waals surface area contributed by atoms with E-state index in [0.717, 1.165) is 11.8 Å². The van der Waals surface area contributed by atoms with E-state index in [1.165, 1.54) is 11.3 Å². The molecule has 8 heteroatoms. The molecule has 0 aromatic carbocycles. The molecule has 1 saturated carbocycles. The van der Waals surface area contributed by atoms with Crippen LogP contribution in [-0.4, -0.2) is 34.0 Å². The number of thiophene rings is 1. The Bertz CT molecular complexity index is 688. The molecule has 4 nitrogen and oxygen atoms in total. The van der Waals surface area contributed by atoms with Gasteiger partial charge in [0.05, 0.1) is 5.69 Å². The van der Waals surface area contributed by atoms with E-state index in [-0.39, 0.29) is 11.7 Å². The van der Waals surface area contributed by atoms with Gasteiger partial charge in [-0.05, 0) is 37.8 Å². The van der Waals surface area contributed by atoms with Crippen LogP contribution >= 0.6 is 11.3 Å². The largest absolute Gasteiger partial charge is 0.396 e. The number of aliphatic hydroxyl groups is 1. The van der Waals surface area contributed by atoms with Crippen molar-refractivity contribution >= 4 is 21.6 Å². The summed E-state index contributed by atoms with van der Waals surface area (Å²) in [6.07, 6.45) is -3.47. The molecule has 1 aliphatic carbocycles. The van der Waals surface area contributed by atoms with E-state index in [1.807, 2.05) is 0 Å². The summed E-state index contributed by atoms with van der Waals surface area (Å²) in [6, 6.07) is 1.81. The summed E-state index contributed by atoms with van der Waals surface area (Å²) in [5, 5.41) is 16.1. The van der Waals surface area contributed by atoms with E-state index < -0.39 is 18.3 Å². The fourth-order valence-corrected chi connectivity index (χ4v) is 3.89. The summed E-state index contributed by atoms with van der Waals surface area (Å²) in [6.45, 7) is 0. The lowest BCUT2D eigenvalue weighted by atomic mass is 9.93. The average molecular weight is 331 g/mol. The minimum absolute atomic E-state index is 0.234. The predicted molar refractivity (Wildman–Crippen MR) is 77.8 cm³/mol. The topological polar surface area (TPSA) is 58.0 Å². The monoisotopic (exact) mass is 331 g/mol. The number of alkyl halides is 3. The molecule has 0 saturated heterocycles. The SMILES string of the molecule is CNC1(O)CCCC1c1nc(CC(F)(F)F)nc2sccc12. The first kappa shape index (κ1) is 15.6. The lowest BCUT2D eigenvalue weighted by molar-refractivity contribution is -0.128. The zero-order valence-corrected chi connectivity index (χ0v) is 12.8. The molecule has 1 aliphatic rings. The molecule has 22 heavy (non-hydrogen) atoms. The maximum Gasteiger partial charge on any atom is 0.396 e. The minimum atomic E-state index is -4.35. The molecule has 0 radical (unpaired) electrons. The highest BCUT2D eigenvalue weighted by Crippen LogP contribution is 2.43. The maximum atomic E-state index is 12.7. The predicted octanol–water partition coefficient (Wildman–Crippen LogP) is 2.97. The molecule has 2 atom stereocenters. The minimum Gasteiger partial charge on any atom is -0.375 e. The van der Waals surface area contributed by atoms with Crippen LogP contribution in [0.5, 0.6) is 0 Å². The Morgan fingerprint density at radius 3 is 2.91 bits per heavy atom. The van der Waals surface area contributed by atoms with E-state index in [2.05, 4.69) is 15.3 Å². The van der Waals surface area contributed by atoms with Crippen LogP contribution in [0.3, 0.4) is 0 Å². The van der Waals surface area contributed by atoms with Gasteiger partial charge in [-0.2, -0.15) is 13.2 Å². The van der Waals surface area contributed by atoms with Gasteiger partial charge in [0.1, 0.15) is 22.8 Å². The van der Waals surface area contributed by atoms with Crippen molar-refractivity contribution in [2.45, 2.75) is 43.5 Å². The van der Waals surface area contributed by atoms with Crippen molar-refractivity contribution in [3.8, 4) is 0 Å². The molecule has 0 spiro atoms. The van der Waals surface area contributed by atoms with Crippen LogP contribution < -0.4 is 5.32 Å². The quantitative estimate of drug-likeness (QED) is 0.849. The molecular weight excluding hydrogens is 315 g/mol. The second kappa shape index (κ2) is 5.43. The Morgan fingerprint density at radius 2 is 2.23 bits per heavy atom. The molecule has 0 amide bonds. The zero-order valence-electron chi connectivity index (χ0n) is 11.9. The van der Waals surface area contributed by atoms with Crippen molar-refractivity contribution in [3.63, 3.8) is 0 Å². The lowest BCUT2D eigenvalue weighted by Gasteiger charge is -2.29. The number of aromatic nitrogens is 2. The summed E-state index contributed by atoms with van der Waals surface area (Å²) in [5.41, 5.74) is -0.613. The van der Waals surface area contributed by atoms with Gasteiger partial charge < -0.3 is 5.11 Å². The van der Waals surface area contributed by atoms with E-state index in [4.69, 9.17) is 0 Å². The van der Waals surface area contributed by atoms with Crippen molar-refractivity contribution in [1.82, 2.24) is 15.3 Å². The van der Waals surface area contributed by atoms with Crippen LogP contribution in [0.1, 0.15) is 36.7 Å². The number of fused-ring (bicyclic) bond motifs is 1. The fraction of sp³-hybridized carbons (Fsp3) is 0.571. The number of nitrogens with one attached hydrogen (secondary N) is 1. The molecule has 2 heterocycles. The molecule has 2 aromatic rings. The van der Waals surface area contributed by atoms with Crippen LogP contribution in [0.25, 0.3) is 10.2 Å². The van der Waals surface area contributed by atoms with E-state index in [1.54, 1.807) is 18.5 Å². The second-order valence-corrected chi connectivity index (χ2v) is 6.47. The molecule has 120 valence electrons. The van der Waals surface area contributed by atoms with Crippen LogP contribution in [0.2, 0.25) is 0 Å². The van der Waals surface area contributed by atoms with Gasteiger partial charge in [0.25, 0.3) is 0 Å². The summed E-state index contributed by atoms with van der Waals surface area (Å²) in [5.74, 6) is -0.563. The third-order valence-electron chi connectivity index (χ3n) is 4.15. The number of hydrogen-bond donors (Lipinski definition) is 2. The van der Waals surface area contributed by atoms with Crippen molar-refractivity contribution in [1.29, 1.82) is 0 Å². The Hall–Kier alpha value is -1.25. The zero-order chi connectivity index (χ0) is 16.0. The van der Waals surface area contributed by atoms with Crippen LogP contribution in [-0.2, 0) is 6.42 Å². The van der Waals surface area contributed by atoms with Gasteiger partial charge >= 0.3 is 6.18 Å². The highest BCUT2D eigenvalue weighted by molar-refractivity contribution is 7.16. The molecule has 0 aliphatic heterocycles. The molecule has 2 N–H and O–H groups in total. The van der Waals surface area contributed by atoms with Crippen LogP contribution in [0.15, 0.2) is 11.4 Å². The standard InChI is InChI=1S/C14H16F3N3OS/c1-18-13(21)5-2-3-9(13)11-8-4-6-22-12(8)20-10(19-11)7-14(15,16)17/h4,6,9,18,21H,2-3,5,7H2,1H3. The van der Waals surface area contributed by atoms with E-state index in [0.29, 0.717) is 23.4 Å².